The van der Waals surface area contributed by atoms with Crippen molar-refractivity contribution in [3.63, 3.8) is 0 Å². The molecule has 64 heavy (non-hydrogen) atoms. The van der Waals surface area contributed by atoms with Crippen LogP contribution in [-0.4, -0.2) is 74.0 Å². The van der Waals surface area contributed by atoms with Gasteiger partial charge in [0.05, 0.1) is 45.7 Å². The lowest BCUT2D eigenvalue weighted by molar-refractivity contribution is -0.0592. The van der Waals surface area contributed by atoms with Crippen LogP contribution in [0.4, 0.5) is 8.78 Å². The van der Waals surface area contributed by atoms with Gasteiger partial charge in [0.15, 0.2) is 5.82 Å². The van der Waals surface area contributed by atoms with E-state index in [9.17, 15) is 4.79 Å². The molecule has 3 aromatic carbocycles. The molecule has 1 saturated carbocycles. The number of H-pyrrole nitrogens is 1. The van der Waals surface area contributed by atoms with Gasteiger partial charge in [0.2, 0.25) is 0 Å². The molecule has 11 rings (SSSR count). The molecule has 2 aliphatic heterocycles. The maximum atomic E-state index is 16.0. The minimum atomic E-state index is -0.839. The Morgan fingerprint density at radius 1 is 0.953 bits per heavy atom. The third-order valence-electron chi connectivity index (χ3n) is 13.9. The van der Waals surface area contributed by atoms with Crippen LogP contribution in [0, 0.1) is 31.4 Å². The summed E-state index contributed by atoms with van der Waals surface area (Å²) >= 11 is 0. The highest BCUT2D eigenvalue weighted by Gasteiger charge is 2.59. The first-order valence-corrected chi connectivity index (χ1v) is 21.6. The molecule has 17 heteroatoms. The zero-order valence-electron chi connectivity index (χ0n) is 36.5. The van der Waals surface area contributed by atoms with E-state index in [1.54, 1.807) is 54.5 Å². The van der Waals surface area contributed by atoms with E-state index in [0.717, 1.165) is 23.7 Å². The lowest BCUT2D eigenvalue weighted by Gasteiger charge is -2.35. The zero-order valence-corrected chi connectivity index (χ0v) is 36.5. The van der Waals surface area contributed by atoms with E-state index in [2.05, 4.69) is 64.4 Å². The predicted octanol–water partition coefficient (Wildman–Crippen LogP) is 8.22. The number of ether oxygens (including phenoxy) is 1. The molecule has 328 valence electrons. The first-order chi connectivity index (χ1) is 30.6. The minimum Gasteiger partial charge on any atom is -0.414 e. The molecule has 0 spiro atoms. The molecule has 1 N–H and O–H groups in total. The number of aromatic amines is 1. The highest BCUT2D eigenvalue weighted by Crippen LogP contribution is 2.56. The van der Waals surface area contributed by atoms with E-state index in [-0.39, 0.29) is 46.5 Å². The Labute approximate surface area is 365 Å². The SMILES string of the molecule is Cc1cc(-n2nc3c(c2-c2nnc(-c4ccc5c(cnn5C)c4F)o2)[C@H](C)N(C(=O)c2cc4cc([C@H]5CCOC(C)(C)C5)ccc4n2[C@@]2(c4noc(=O)[nH]4)C[C@@H]2C)CC3)cc(C)c1F. The predicted molar refractivity (Wildman–Crippen MR) is 231 cm³/mol. The van der Waals surface area contributed by atoms with Gasteiger partial charge in [-0.3, -0.25) is 19.0 Å². The summed E-state index contributed by atoms with van der Waals surface area (Å²) in [5, 5.41) is 23.4. The topological polar surface area (TPSA) is 168 Å². The molecular formula is C47H46F2N10O5. The highest BCUT2D eigenvalue weighted by atomic mass is 19.1. The highest BCUT2D eigenvalue weighted by molar-refractivity contribution is 6.00. The fourth-order valence-electron chi connectivity index (χ4n) is 10.5. The van der Waals surface area contributed by atoms with Crippen molar-refractivity contribution in [2.45, 2.75) is 90.3 Å². The van der Waals surface area contributed by atoms with E-state index in [1.165, 1.54) is 11.8 Å². The normalized spacial score (nSPS) is 21.8. The lowest BCUT2D eigenvalue weighted by Crippen LogP contribution is -2.41. The van der Waals surface area contributed by atoms with Crippen molar-refractivity contribution in [1.82, 2.24) is 49.4 Å². The average molecular weight is 869 g/mol. The molecule has 5 aromatic heterocycles. The fourth-order valence-corrected chi connectivity index (χ4v) is 10.5. The number of nitrogens with zero attached hydrogens (tertiary/aromatic N) is 9. The molecule has 0 radical (unpaired) electrons. The molecule has 3 aliphatic rings. The van der Waals surface area contributed by atoms with Gasteiger partial charge in [-0.25, -0.2) is 18.3 Å². The Bertz CT molecular complexity index is 3260. The number of fused-ring (bicyclic) bond motifs is 3. The minimum absolute atomic E-state index is 0.0135. The largest absolute Gasteiger partial charge is 0.438 e. The van der Waals surface area contributed by atoms with Gasteiger partial charge in [-0.05, 0) is 125 Å². The number of halogens is 2. The number of aryl methyl sites for hydroxylation is 3. The maximum Gasteiger partial charge on any atom is 0.438 e. The Balaban J connectivity index is 1.04. The van der Waals surface area contributed by atoms with Crippen LogP contribution < -0.4 is 5.76 Å². The van der Waals surface area contributed by atoms with Gasteiger partial charge < -0.3 is 18.6 Å². The van der Waals surface area contributed by atoms with Crippen LogP contribution in [0.5, 0.6) is 0 Å². The van der Waals surface area contributed by atoms with Crippen molar-refractivity contribution < 1.29 is 27.3 Å². The molecule has 2 fully saturated rings. The van der Waals surface area contributed by atoms with Crippen molar-refractivity contribution in [3.8, 4) is 28.7 Å². The molecule has 0 unspecified atom stereocenters. The monoisotopic (exact) mass is 868 g/mol. The Kier molecular flexibility index (Phi) is 8.84. The van der Waals surface area contributed by atoms with Crippen LogP contribution in [0.3, 0.4) is 0 Å². The van der Waals surface area contributed by atoms with Crippen molar-refractivity contribution in [2.24, 2.45) is 13.0 Å². The third kappa shape index (κ3) is 6.03. The zero-order chi connectivity index (χ0) is 44.6. The summed E-state index contributed by atoms with van der Waals surface area (Å²) in [6.07, 6.45) is 4.20. The summed E-state index contributed by atoms with van der Waals surface area (Å²) in [6.45, 7) is 12.6. The summed E-state index contributed by atoms with van der Waals surface area (Å²) in [5.41, 5.74) is 5.23. The second kappa shape index (κ2) is 14.1. The standard InChI is InChI=1S/C47H46F2N10O5/c1-23-16-30(17-24(2)38(23)48)59-40(42-53-52-41(63-42)31-9-11-35-32(39(31)49)22-50-56(35)7)37-26(4)57(14-12-33(37)54-59)43(60)36-19-29-18-27(28-13-15-62-46(5,6)21-28)8-10-34(29)58(36)47(20-25(47)3)44-51-45(61)64-55-44/h8-11,16-19,22,25-26,28H,12-15,20-21H2,1-7H3,(H,51,55,61)/t25-,26-,28-,47-/m0/s1. The number of aromatic nitrogens is 9. The van der Waals surface area contributed by atoms with Gasteiger partial charge in [0.25, 0.3) is 17.7 Å². The smallest absolute Gasteiger partial charge is 0.414 e. The summed E-state index contributed by atoms with van der Waals surface area (Å²) in [4.78, 5) is 32.5. The van der Waals surface area contributed by atoms with E-state index in [0.29, 0.717) is 82.2 Å². The van der Waals surface area contributed by atoms with Crippen LogP contribution in [0.1, 0.15) is 103 Å². The summed E-state index contributed by atoms with van der Waals surface area (Å²) < 4.78 is 53.8. The number of rotatable bonds is 7. The van der Waals surface area contributed by atoms with Crippen molar-refractivity contribution >= 4 is 27.7 Å². The van der Waals surface area contributed by atoms with Crippen LogP contribution in [-0.2, 0) is 23.7 Å². The van der Waals surface area contributed by atoms with Crippen LogP contribution in [0.2, 0.25) is 0 Å². The van der Waals surface area contributed by atoms with Crippen molar-refractivity contribution in [2.75, 3.05) is 13.2 Å². The first-order valence-electron chi connectivity index (χ1n) is 21.6. The second-order valence-corrected chi connectivity index (χ2v) is 18.4. The van der Waals surface area contributed by atoms with Gasteiger partial charge in [-0.15, -0.1) is 10.2 Å². The lowest BCUT2D eigenvalue weighted by atomic mass is 9.83. The number of carbonyl (C=O) groups excluding carboxylic acids is 1. The second-order valence-electron chi connectivity index (χ2n) is 18.4. The first kappa shape index (κ1) is 40.1. The molecule has 1 amide bonds. The van der Waals surface area contributed by atoms with Gasteiger partial charge in [-0.2, -0.15) is 10.2 Å². The Morgan fingerprint density at radius 3 is 2.42 bits per heavy atom. The van der Waals surface area contributed by atoms with Gasteiger partial charge >= 0.3 is 5.76 Å². The molecule has 4 atom stereocenters. The third-order valence-corrected chi connectivity index (χ3v) is 13.9. The number of amides is 1. The number of hydrogen-bond acceptors (Lipinski definition) is 10. The quantitative estimate of drug-likeness (QED) is 0.165. The van der Waals surface area contributed by atoms with E-state index in [1.807, 2.05) is 22.5 Å². The molecule has 15 nitrogen and oxygen atoms in total. The Hall–Kier alpha value is -6.75. The maximum absolute atomic E-state index is 16.0. The molecule has 0 bridgehead atoms. The molecule has 7 heterocycles. The number of benzene rings is 3. The molecule has 1 saturated heterocycles. The van der Waals surface area contributed by atoms with Crippen LogP contribution in [0.25, 0.3) is 50.5 Å². The molecule has 8 aromatic rings. The number of hydrogen-bond donors (Lipinski definition) is 1. The van der Waals surface area contributed by atoms with E-state index >= 15 is 13.6 Å². The number of carbonyl (C=O) groups is 1. The van der Waals surface area contributed by atoms with Gasteiger partial charge in [0, 0.05) is 43.1 Å². The van der Waals surface area contributed by atoms with Crippen molar-refractivity contribution in [1.29, 1.82) is 0 Å². The average Bonchev–Trinajstić information content (AvgIpc) is 3.94. The van der Waals surface area contributed by atoms with E-state index < -0.39 is 23.2 Å². The number of nitrogens with one attached hydrogen (secondary N) is 1. The molecule has 1 aliphatic carbocycles. The van der Waals surface area contributed by atoms with Crippen LogP contribution >= 0.6 is 0 Å². The molecular weight excluding hydrogens is 823 g/mol. The summed E-state index contributed by atoms with van der Waals surface area (Å²) in [7, 11) is 1.73. The Morgan fingerprint density at radius 2 is 1.70 bits per heavy atom. The van der Waals surface area contributed by atoms with Gasteiger partial charge in [-0.1, -0.05) is 18.1 Å². The van der Waals surface area contributed by atoms with Crippen molar-refractivity contribution in [3.05, 3.63) is 116 Å². The summed E-state index contributed by atoms with van der Waals surface area (Å²) in [6, 6.07) is 14.5. The summed E-state index contributed by atoms with van der Waals surface area (Å²) in [5.74, 6) is -1.13. The van der Waals surface area contributed by atoms with Gasteiger partial charge in [0.1, 0.15) is 28.6 Å². The van der Waals surface area contributed by atoms with Crippen LogP contribution in [0.15, 0.2) is 68.5 Å². The van der Waals surface area contributed by atoms with E-state index in [4.69, 9.17) is 18.8 Å². The fraction of sp³-hybridized carbons (Fsp3) is 0.383.